The molecule has 6 heteroatoms. The zero-order valence-corrected chi connectivity index (χ0v) is 10.5. The summed E-state index contributed by atoms with van der Waals surface area (Å²) in [6.45, 7) is 5.45. The molecule has 4 N–H and O–H groups in total. The highest BCUT2D eigenvalue weighted by Gasteiger charge is 2.21. The van der Waals surface area contributed by atoms with Crippen LogP contribution in [0.2, 0.25) is 0 Å². The first-order valence-corrected chi connectivity index (χ1v) is 4.59. The fraction of sp³-hybridized carbons (Fsp3) is 0.875. The fourth-order valence-electron chi connectivity index (χ4n) is 0.634. The van der Waals surface area contributed by atoms with Crippen LogP contribution in [0.3, 0.4) is 0 Å². The number of rotatable bonds is 3. The van der Waals surface area contributed by atoms with Crippen LogP contribution in [0.5, 0.6) is 0 Å². The minimum Gasteiger partial charge on any atom is -0.459 e. The molecule has 1 atom stereocenters. The van der Waals surface area contributed by atoms with E-state index in [9.17, 15) is 4.79 Å². The van der Waals surface area contributed by atoms with Gasteiger partial charge >= 0.3 is 5.97 Å². The molecule has 0 aromatic carbocycles. The van der Waals surface area contributed by atoms with Crippen LogP contribution in [-0.4, -0.2) is 28.8 Å². The predicted molar refractivity (Wildman–Crippen MR) is 63.2 cm³/mol. The number of esters is 1. The lowest BCUT2D eigenvalue weighted by atomic mass is 10.2. The quantitative estimate of drug-likeness (QED) is 0.563. The standard InChI is InChI=1S/C8H17NO2S.ClH.H2O/c1-8(2,3)11-7(10)6(9)4-5-12;;/h6,12H,4-5,9H2,1-3H3;1H;1H2. The molecule has 0 saturated heterocycles. The topological polar surface area (TPSA) is 83.8 Å². The predicted octanol–water partition coefficient (Wildman–Crippen LogP) is 0.572. The summed E-state index contributed by atoms with van der Waals surface area (Å²) in [6, 6.07) is -0.540. The van der Waals surface area contributed by atoms with E-state index in [1.807, 2.05) is 20.8 Å². The Kier molecular flexibility index (Phi) is 11.7. The summed E-state index contributed by atoms with van der Waals surface area (Å²) in [7, 11) is 0. The molecule has 0 spiro atoms. The third-order valence-corrected chi connectivity index (χ3v) is 1.41. The molecule has 0 aromatic heterocycles. The van der Waals surface area contributed by atoms with Crippen molar-refractivity contribution in [1.29, 1.82) is 0 Å². The number of carbonyl (C=O) groups is 1. The van der Waals surface area contributed by atoms with Gasteiger partial charge in [-0.1, -0.05) is 0 Å². The first-order chi connectivity index (χ1) is 5.37. The van der Waals surface area contributed by atoms with Crippen molar-refractivity contribution < 1.29 is 15.0 Å². The van der Waals surface area contributed by atoms with Crippen LogP contribution in [0.15, 0.2) is 0 Å². The molecule has 0 saturated carbocycles. The van der Waals surface area contributed by atoms with E-state index in [1.165, 1.54) is 0 Å². The molecule has 0 aromatic rings. The molecular weight excluding hydrogens is 226 g/mol. The second kappa shape index (κ2) is 8.35. The van der Waals surface area contributed by atoms with E-state index >= 15 is 0 Å². The van der Waals surface area contributed by atoms with E-state index in [2.05, 4.69) is 12.6 Å². The van der Waals surface area contributed by atoms with Crippen LogP contribution in [0.4, 0.5) is 0 Å². The number of carbonyl (C=O) groups excluding carboxylic acids is 1. The molecule has 0 fully saturated rings. The Hall–Kier alpha value is 0.0300. The lowest BCUT2D eigenvalue weighted by Gasteiger charge is -2.21. The van der Waals surface area contributed by atoms with Crippen molar-refractivity contribution in [3.63, 3.8) is 0 Å². The van der Waals surface area contributed by atoms with Crippen LogP contribution in [0, 0.1) is 0 Å². The third kappa shape index (κ3) is 10.1. The molecular formula is C8H20ClNO3S. The van der Waals surface area contributed by atoms with Gasteiger partial charge < -0.3 is 15.9 Å². The van der Waals surface area contributed by atoms with Crippen molar-refractivity contribution in [3.8, 4) is 0 Å². The first-order valence-electron chi connectivity index (χ1n) is 3.96. The van der Waals surface area contributed by atoms with Crippen LogP contribution >= 0.6 is 25.0 Å². The number of ether oxygens (including phenoxy) is 1. The average Bonchev–Trinajstić information content (AvgIpc) is 1.84. The molecule has 88 valence electrons. The minimum atomic E-state index is -0.540. The Balaban J connectivity index is -0.000000605. The zero-order chi connectivity index (χ0) is 9.78. The monoisotopic (exact) mass is 245 g/mol. The van der Waals surface area contributed by atoms with Crippen molar-refractivity contribution >= 4 is 31.0 Å². The third-order valence-electron chi connectivity index (χ3n) is 1.15. The molecule has 14 heavy (non-hydrogen) atoms. The van der Waals surface area contributed by atoms with E-state index < -0.39 is 11.6 Å². The Morgan fingerprint density at radius 1 is 1.50 bits per heavy atom. The number of halogens is 1. The molecule has 4 nitrogen and oxygen atoms in total. The van der Waals surface area contributed by atoms with Gasteiger partial charge in [-0.25, -0.2) is 0 Å². The van der Waals surface area contributed by atoms with Crippen molar-refractivity contribution in [1.82, 2.24) is 0 Å². The molecule has 0 aliphatic carbocycles. The van der Waals surface area contributed by atoms with Crippen molar-refractivity contribution in [3.05, 3.63) is 0 Å². The number of thiol groups is 1. The highest BCUT2D eigenvalue weighted by molar-refractivity contribution is 7.80. The Labute approximate surface area is 96.7 Å². The van der Waals surface area contributed by atoms with Gasteiger partial charge in [-0.15, -0.1) is 12.4 Å². The molecule has 0 aliphatic rings. The normalized spacial score (nSPS) is 12.1. The average molecular weight is 246 g/mol. The van der Waals surface area contributed by atoms with E-state index in [1.54, 1.807) is 0 Å². The van der Waals surface area contributed by atoms with Gasteiger partial charge in [-0.3, -0.25) is 4.79 Å². The number of hydrogen-bond donors (Lipinski definition) is 2. The maximum absolute atomic E-state index is 11.2. The summed E-state index contributed by atoms with van der Waals surface area (Å²) in [5.41, 5.74) is 5.06. The summed E-state index contributed by atoms with van der Waals surface area (Å²) in [6.07, 6.45) is 0.554. The summed E-state index contributed by atoms with van der Waals surface area (Å²) in [4.78, 5) is 11.2. The Morgan fingerprint density at radius 2 is 1.93 bits per heavy atom. The lowest BCUT2D eigenvalue weighted by molar-refractivity contribution is -0.156. The van der Waals surface area contributed by atoms with Gasteiger partial charge in [-0.2, -0.15) is 12.6 Å². The lowest BCUT2D eigenvalue weighted by Crippen LogP contribution is -2.37. The first kappa shape index (κ1) is 19.6. The number of nitrogens with two attached hydrogens (primary N) is 1. The smallest absolute Gasteiger partial charge is 0.323 e. The van der Waals surface area contributed by atoms with Crippen LogP contribution in [0.25, 0.3) is 0 Å². The van der Waals surface area contributed by atoms with Crippen molar-refractivity contribution in [2.45, 2.75) is 38.8 Å². The second-order valence-corrected chi connectivity index (χ2v) is 4.10. The van der Waals surface area contributed by atoms with Crippen molar-refractivity contribution in [2.75, 3.05) is 5.75 Å². The molecule has 0 amide bonds. The molecule has 0 rings (SSSR count). The maximum atomic E-state index is 11.2. The summed E-state index contributed by atoms with van der Waals surface area (Å²) >= 11 is 3.98. The van der Waals surface area contributed by atoms with E-state index in [4.69, 9.17) is 10.5 Å². The van der Waals surface area contributed by atoms with Gasteiger partial charge in [0.1, 0.15) is 11.6 Å². The zero-order valence-electron chi connectivity index (χ0n) is 8.74. The maximum Gasteiger partial charge on any atom is 0.323 e. The van der Waals surface area contributed by atoms with Gasteiger partial charge in [0.25, 0.3) is 0 Å². The Bertz CT molecular complexity index is 161. The molecule has 0 radical (unpaired) electrons. The largest absolute Gasteiger partial charge is 0.459 e. The van der Waals surface area contributed by atoms with Gasteiger partial charge in [-0.05, 0) is 32.9 Å². The Morgan fingerprint density at radius 3 is 2.21 bits per heavy atom. The van der Waals surface area contributed by atoms with E-state index in [-0.39, 0.29) is 23.9 Å². The highest BCUT2D eigenvalue weighted by atomic mass is 35.5. The fourth-order valence-corrected chi connectivity index (χ4v) is 0.913. The molecule has 0 heterocycles. The van der Waals surface area contributed by atoms with Crippen LogP contribution in [-0.2, 0) is 9.53 Å². The van der Waals surface area contributed by atoms with Gasteiger partial charge in [0, 0.05) is 0 Å². The van der Waals surface area contributed by atoms with E-state index in [0.717, 1.165) is 0 Å². The summed E-state index contributed by atoms with van der Waals surface area (Å²) in [5, 5.41) is 0. The summed E-state index contributed by atoms with van der Waals surface area (Å²) < 4.78 is 5.05. The van der Waals surface area contributed by atoms with Crippen LogP contribution < -0.4 is 5.73 Å². The molecule has 0 bridgehead atoms. The van der Waals surface area contributed by atoms with Gasteiger partial charge in [0.15, 0.2) is 0 Å². The van der Waals surface area contributed by atoms with Crippen LogP contribution in [0.1, 0.15) is 27.2 Å². The number of hydrogen-bond acceptors (Lipinski definition) is 4. The van der Waals surface area contributed by atoms with Crippen molar-refractivity contribution in [2.24, 2.45) is 5.73 Å². The summed E-state index contributed by atoms with van der Waals surface area (Å²) in [5.74, 6) is 0.247. The molecule has 1 unspecified atom stereocenters. The molecule has 0 aliphatic heterocycles. The van der Waals surface area contributed by atoms with Gasteiger partial charge in [0.05, 0.1) is 0 Å². The van der Waals surface area contributed by atoms with E-state index in [0.29, 0.717) is 12.2 Å². The second-order valence-electron chi connectivity index (χ2n) is 3.65. The van der Waals surface area contributed by atoms with Gasteiger partial charge in [0.2, 0.25) is 0 Å². The SMILES string of the molecule is CC(C)(C)OC(=O)C(N)CCS.Cl.O. The minimum absolute atomic E-state index is 0. The highest BCUT2D eigenvalue weighted by Crippen LogP contribution is 2.08.